The Hall–Kier alpha value is -2.33. The second-order valence-electron chi connectivity index (χ2n) is 6.40. The van der Waals surface area contributed by atoms with Crippen LogP contribution in [0.2, 0.25) is 0 Å². The van der Waals surface area contributed by atoms with Crippen molar-refractivity contribution < 1.29 is 9.53 Å². The molecule has 4 nitrogen and oxygen atoms in total. The highest BCUT2D eigenvalue weighted by Crippen LogP contribution is 2.35. The van der Waals surface area contributed by atoms with E-state index in [0.717, 1.165) is 5.69 Å². The highest BCUT2D eigenvalue weighted by atomic mass is 16.5. The number of carbonyl (C=O) groups excluding carboxylic acids is 1. The molecule has 0 fully saturated rings. The Morgan fingerprint density at radius 3 is 2.46 bits per heavy atom. The van der Waals surface area contributed by atoms with Crippen molar-refractivity contribution in [3.05, 3.63) is 64.2 Å². The van der Waals surface area contributed by atoms with Crippen molar-refractivity contribution in [2.45, 2.75) is 26.9 Å². The van der Waals surface area contributed by atoms with Gasteiger partial charge in [0.15, 0.2) is 0 Å². The Balaban J connectivity index is 2.09. The molecular formula is C20H24N2O2. The Kier molecular flexibility index (Phi) is 4.58. The summed E-state index contributed by atoms with van der Waals surface area (Å²) in [6.07, 6.45) is -0.178. The number of ether oxygens (including phenoxy) is 1. The number of para-hydroxylation sites is 1. The van der Waals surface area contributed by atoms with Gasteiger partial charge >= 0.3 is 0 Å². The van der Waals surface area contributed by atoms with E-state index in [4.69, 9.17) is 4.74 Å². The average molecular weight is 324 g/mol. The highest BCUT2D eigenvalue weighted by Gasteiger charge is 2.33. The summed E-state index contributed by atoms with van der Waals surface area (Å²) in [6.45, 7) is 7.37. The van der Waals surface area contributed by atoms with Crippen LogP contribution in [0.3, 0.4) is 0 Å². The van der Waals surface area contributed by atoms with E-state index >= 15 is 0 Å². The topological polar surface area (TPSA) is 41.6 Å². The van der Waals surface area contributed by atoms with Gasteiger partial charge in [0.1, 0.15) is 6.17 Å². The van der Waals surface area contributed by atoms with E-state index in [9.17, 15) is 4.79 Å². The van der Waals surface area contributed by atoms with Crippen LogP contribution in [0.25, 0.3) is 0 Å². The first-order chi connectivity index (χ1) is 11.5. The van der Waals surface area contributed by atoms with E-state index < -0.39 is 0 Å². The summed E-state index contributed by atoms with van der Waals surface area (Å²) < 4.78 is 5.22. The molecule has 1 N–H and O–H groups in total. The van der Waals surface area contributed by atoms with Crippen LogP contribution in [0.4, 0.5) is 5.69 Å². The largest absolute Gasteiger partial charge is 0.383 e. The van der Waals surface area contributed by atoms with E-state index in [1.807, 2.05) is 29.2 Å². The molecule has 1 atom stereocenters. The minimum Gasteiger partial charge on any atom is -0.383 e. The van der Waals surface area contributed by atoms with Gasteiger partial charge in [-0.25, -0.2) is 0 Å². The van der Waals surface area contributed by atoms with Crippen LogP contribution >= 0.6 is 0 Å². The Morgan fingerprint density at radius 1 is 1.12 bits per heavy atom. The fourth-order valence-electron chi connectivity index (χ4n) is 3.56. The van der Waals surface area contributed by atoms with Gasteiger partial charge in [0.25, 0.3) is 5.91 Å². The number of hydrogen-bond donors (Lipinski definition) is 1. The van der Waals surface area contributed by atoms with Crippen LogP contribution in [-0.4, -0.2) is 31.1 Å². The SMILES string of the molecule is COCCN1C(=O)c2ccccc2NC1c1c(C)cc(C)cc1C. The molecule has 0 spiro atoms. The lowest BCUT2D eigenvalue weighted by molar-refractivity contribution is 0.0608. The van der Waals surface area contributed by atoms with E-state index in [1.165, 1.54) is 22.3 Å². The monoisotopic (exact) mass is 324 g/mol. The van der Waals surface area contributed by atoms with Crippen LogP contribution in [0.5, 0.6) is 0 Å². The predicted octanol–water partition coefficient (Wildman–Crippen LogP) is 3.82. The zero-order chi connectivity index (χ0) is 17.3. The zero-order valence-electron chi connectivity index (χ0n) is 14.7. The van der Waals surface area contributed by atoms with Crippen LogP contribution in [0, 0.1) is 20.8 Å². The van der Waals surface area contributed by atoms with Crippen molar-refractivity contribution in [3.63, 3.8) is 0 Å². The molecular weight excluding hydrogens is 300 g/mol. The minimum atomic E-state index is -0.178. The summed E-state index contributed by atoms with van der Waals surface area (Å²) in [5.74, 6) is 0.0470. The number of benzene rings is 2. The minimum absolute atomic E-state index is 0.0470. The first-order valence-corrected chi connectivity index (χ1v) is 8.26. The molecule has 1 unspecified atom stereocenters. The Bertz CT molecular complexity index is 747. The number of amides is 1. The maximum Gasteiger partial charge on any atom is 0.257 e. The molecule has 0 bridgehead atoms. The normalized spacial score (nSPS) is 16.8. The number of methoxy groups -OCH3 is 1. The maximum absolute atomic E-state index is 13.0. The smallest absolute Gasteiger partial charge is 0.257 e. The molecule has 0 aliphatic carbocycles. The molecule has 0 saturated heterocycles. The number of hydrogen-bond acceptors (Lipinski definition) is 3. The van der Waals surface area contributed by atoms with Crippen molar-refractivity contribution in [1.82, 2.24) is 4.90 Å². The molecule has 1 amide bonds. The van der Waals surface area contributed by atoms with E-state index in [1.54, 1.807) is 7.11 Å². The number of rotatable bonds is 4. The van der Waals surface area contributed by atoms with Gasteiger partial charge in [-0.2, -0.15) is 0 Å². The number of nitrogens with zero attached hydrogens (tertiary/aromatic N) is 1. The van der Waals surface area contributed by atoms with Crippen LogP contribution in [0.1, 0.15) is 38.8 Å². The van der Waals surface area contributed by atoms with Crippen molar-refractivity contribution in [1.29, 1.82) is 0 Å². The molecule has 3 rings (SSSR count). The third kappa shape index (κ3) is 2.89. The number of fused-ring (bicyclic) bond motifs is 1. The molecule has 126 valence electrons. The molecule has 4 heteroatoms. The predicted molar refractivity (Wildman–Crippen MR) is 96.4 cm³/mol. The zero-order valence-corrected chi connectivity index (χ0v) is 14.7. The second kappa shape index (κ2) is 6.65. The van der Waals surface area contributed by atoms with Gasteiger partial charge in [0.2, 0.25) is 0 Å². The lowest BCUT2D eigenvalue weighted by Gasteiger charge is -2.39. The van der Waals surface area contributed by atoms with Gasteiger partial charge in [-0.1, -0.05) is 29.8 Å². The highest BCUT2D eigenvalue weighted by molar-refractivity contribution is 6.01. The molecule has 1 heterocycles. The lowest BCUT2D eigenvalue weighted by Crippen LogP contribution is -2.45. The molecule has 1 aliphatic heterocycles. The molecule has 0 radical (unpaired) electrons. The van der Waals surface area contributed by atoms with Gasteiger partial charge < -0.3 is 15.0 Å². The summed E-state index contributed by atoms with van der Waals surface area (Å²) in [4.78, 5) is 14.9. The van der Waals surface area contributed by atoms with Gasteiger partial charge in [-0.3, -0.25) is 4.79 Å². The summed E-state index contributed by atoms with van der Waals surface area (Å²) in [5.41, 5.74) is 6.39. The molecule has 2 aromatic rings. The number of nitrogens with one attached hydrogen (secondary N) is 1. The first kappa shape index (κ1) is 16.5. The van der Waals surface area contributed by atoms with Crippen LogP contribution < -0.4 is 5.32 Å². The summed E-state index contributed by atoms with van der Waals surface area (Å²) in [5, 5.41) is 3.55. The molecule has 2 aromatic carbocycles. The van der Waals surface area contributed by atoms with Crippen molar-refractivity contribution >= 4 is 11.6 Å². The molecule has 1 aliphatic rings. The summed E-state index contributed by atoms with van der Waals surface area (Å²) in [7, 11) is 1.66. The quantitative estimate of drug-likeness (QED) is 0.929. The van der Waals surface area contributed by atoms with Gasteiger partial charge in [0, 0.05) is 24.9 Å². The fraction of sp³-hybridized carbons (Fsp3) is 0.350. The molecule has 0 aromatic heterocycles. The Labute approximate surface area is 143 Å². The van der Waals surface area contributed by atoms with E-state index in [-0.39, 0.29) is 12.1 Å². The van der Waals surface area contributed by atoms with Gasteiger partial charge in [-0.15, -0.1) is 0 Å². The standard InChI is InChI=1S/C20H24N2O2/c1-13-11-14(2)18(15(3)12-13)19-21-17-8-6-5-7-16(17)20(23)22(19)9-10-24-4/h5-8,11-12,19,21H,9-10H2,1-4H3. The number of aryl methyl sites for hydroxylation is 3. The fourth-order valence-corrected chi connectivity index (χ4v) is 3.56. The third-order valence-electron chi connectivity index (χ3n) is 4.57. The van der Waals surface area contributed by atoms with Crippen LogP contribution in [-0.2, 0) is 4.74 Å². The van der Waals surface area contributed by atoms with E-state index in [2.05, 4.69) is 38.2 Å². The second-order valence-corrected chi connectivity index (χ2v) is 6.40. The average Bonchev–Trinajstić information content (AvgIpc) is 2.53. The lowest BCUT2D eigenvalue weighted by atomic mass is 9.94. The molecule has 24 heavy (non-hydrogen) atoms. The van der Waals surface area contributed by atoms with Crippen molar-refractivity contribution in [2.24, 2.45) is 0 Å². The third-order valence-corrected chi connectivity index (χ3v) is 4.57. The first-order valence-electron chi connectivity index (χ1n) is 8.26. The van der Waals surface area contributed by atoms with Gasteiger partial charge in [-0.05, 0) is 44.0 Å². The summed E-state index contributed by atoms with van der Waals surface area (Å²) >= 11 is 0. The number of anilines is 1. The summed E-state index contributed by atoms with van der Waals surface area (Å²) in [6, 6.07) is 12.0. The van der Waals surface area contributed by atoms with Crippen molar-refractivity contribution in [2.75, 3.05) is 25.6 Å². The van der Waals surface area contributed by atoms with Crippen molar-refractivity contribution in [3.8, 4) is 0 Å². The van der Waals surface area contributed by atoms with Crippen LogP contribution in [0.15, 0.2) is 36.4 Å². The Morgan fingerprint density at radius 2 is 1.79 bits per heavy atom. The van der Waals surface area contributed by atoms with E-state index in [0.29, 0.717) is 18.7 Å². The van der Waals surface area contributed by atoms with Gasteiger partial charge in [0.05, 0.1) is 12.2 Å². The number of carbonyl (C=O) groups is 1. The molecule has 0 saturated carbocycles. The maximum atomic E-state index is 13.0.